The molecule has 0 spiro atoms. The molecule has 0 radical (unpaired) electrons. The molecule has 10 heteroatoms. The summed E-state index contributed by atoms with van der Waals surface area (Å²) >= 11 is 5.59. The number of benzene rings is 1. The van der Waals surface area contributed by atoms with Gasteiger partial charge in [-0.1, -0.05) is 38.3 Å². The number of ketones is 1. The minimum atomic E-state index is -0.519. The van der Waals surface area contributed by atoms with Crippen molar-refractivity contribution < 1.29 is 14.3 Å². The minimum absolute atomic E-state index is 0.0247. The predicted molar refractivity (Wildman–Crippen MR) is 159 cm³/mol. The topological polar surface area (TPSA) is 112 Å². The maximum atomic E-state index is 13.9. The Morgan fingerprint density at radius 3 is 2.52 bits per heavy atom. The van der Waals surface area contributed by atoms with Gasteiger partial charge in [0.2, 0.25) is 5.91 Å². The van der Waals surface area contributed by atoms with Crippen molar-refractivity contribution in [3.63, 3.8) is 0 Å². The molecule has 2 fully saturated rings. The SMILES string of the molecule is CCCC(=O)C1(C2CCCCC2)CCN(C(=O)[C@@H](Cc2ccc(OC)cc2)NC(=S)NCCc2cn[nH]n2)CC1. The molecule has 218 valence electrons. The zero-order valence-corrected chi connectivity index (χ0v) is 24.7. The van der Waals surface area contributed by atoms with Gasteiger partial charge in [0.15, 0.2) is 5.11 Å². The van der Waals surface area contributed by atoms with Gasteiger partial charge >= 0.3 is 0 Å². The molecular formula is C30H44N6O3S. The quantitative estimate of drug-likeness (QED) is 0.330. The number of aromatic amines is 1. The second-order valence-corrected chi connectivity index (χ2v) is 11.6. The van der Waals surface area contributed by atoms with E-state index in [2.05, 4.69) is 33.0 Å². The van der Waals surface area contributed by atoms with Crippen molar-refractivity contribution in [1.29, 1.82) is 0 Å². The summed E-state index contributed by atoms with van der Waals surface area (Å²) in [5, 5.41) is 17.4. The maximum Gasteiger partial charge on any atom is 0.245 e. The van der Waals surface area contributed by atoms with Crippen molar-refractivity contribution in [3.05, 3.63) is 41.7 Å². The van der Waals surface area contributed by atoms with Crippen molar-refractivity contribution in [2.75, 3.05) is 26.7 Å². The van der Waals surface area contributed by atoms with Crippen LogP contribution in [0.25, 0.3) is 0 Å². The number of likely N-dealkylation sites (tertiary alicyclic amines) is 1. The van der Waals surface area contributed by atoms with Crippen LogP contribution in [0.2, 0.25) is 0 Å². The number of piperidine rings is 1. The van der Waals surface area contributed by atoms with E-state index < -0.39 is 6.04 Å². The molecule has 40 heavy (non-hydrogen) atoms. The summed E-state index contributed by atoms with van der Waals surface area (Å²) in [4.78, 5) is 29.4. The standard InChI is InChI=1S/C30H44N6O3S/c1-3-7-27(37)30(23-8-5-4-6-9-23)15-18-36(19-16-30)28(38)26(20-22-10-12-25(39-2)13-11-22)33-29(40)31-17-14-24-21-32-35-34-24/h10-13,21,23,26H,3-9,14-20H2,1-2H3,(H2,31,33,40)(H,32,34,35)/t26-/m1/s1. The average molecular weight is 569 g/mol. The first-order chi connectivity index (χ1) is 19.4. The third-order valence-corrected chi connectivity index (χ3v) is 8.98. The van der Waals surface area contributed by atoms with Gasteiger partial charge in [-0.15, -0.1) is 0 Å². The number of nitrogens with zero attached hydrogens (tertiary/aromatic N) is 3. The first-order valence-corrected chi connectivity index (χ1v) is 15.2. The van der Waals surface area contributed by atoms with Crippen LogP contribution in [0.15, 0.2) is 30.5 Å². The van der Waals surface area contributed by atoms with E-state index in [0.29, 0.717) is 55.7 Å². The highest BCUT2D eigenvalue weighted by molar-refractivity contribution is 7.80. The van der Waals surface area contributed by atoms with E-state index in [0.717, 1.165) is 49.1 Å². The maximum absolute atomic E-state index is 13.9. The van der Waals surface area contributed by atoms with Crippen molar-refractivity contribution in [2.45, 2.75) is 83.6 Å². The molecule has 1 aliphatic heterocycles. The number of aromatic nitrogens is 3. The summed E-state index contributed by atoms with van der Waals surface area (Å²) in [6, 6.07) is 7.26. The van der Waals surface area contributed by atoms with Crippen LogP contribution in [0.4, 0.5) is 0 Å². The number of nitrogens with one attached hydrogen (secondary N) is 3. The number of ether oxygens (including phenoxy) is 1. The number of carbonyl (C=O) groups excluding carboxylic acids is 2. The Morgan fingerprint density at radius 2 is 1.90 bits per heavy atom. The minimum Gasteiger partial charge on any atom is -0.497 e. The number of methoxy groups -OCH3 is 1. The average Bonchev–Trinajstić information content (AvgIpc) is 3.51. The lowest BCUT2D eigenvalue weighted by molar-refractivity contribution is -0.144. The van der Waals surface area contributed by atoms with Gasteiger partial charge in [0.1, 0.15) is 17.6 Å². The van der Waals surface area contributed by atoms with Crippen LogP contribution in [0.5, 0.6) is 5.75 Å². The number of H-pyrrole nitrogens is 1. The van der Waals surface area contributed by atoms with Gasteiger partial charge in [-0.05, 0) is 67.9 Å². The van der Waals surface area contributed by atoms with Crippen LogP contribution in [0, 0.1) is 11.3 Å². The van der Waals surface area contributed by atoms with Crippen LogP contribution in [-0.2, 0) is 22.4 Å². The fourth-order valence-electron chi connectivity index (χ4n) is 6.45. The molecule has 1 saturated heterocycles. The van der Waals surface area contributed by atoms with Gasteiger partial charge in [-0.2, -0.15) is 15.4 Å². The summed E-state index contributed by atoms with van der Waals surface area (Å²) in [5.74, 6) is 1.67. The highest BCUT2D eigenvalue weighted by atomic mass is 32.1. The van der Waals surface area contributed by atoms with Crippen LogP contribution in [0.1, 0.15) is 76.0 Å². The Bertz CT molecular complexity index is 1090. The largest absolute Gasteiger partial charge is 0.497 e. The zero-order valence-electron chi connectivity index (χ0n) is 23.9. The molecule has 1 aromatic carbocycles. The van der Waals surface area contributed by atoms with Gasteiger partial charge in [-0.3, -0.25) is 9.59 Å². The molecular weight excluding hydrogens is 524 g/mol. The molecule has 2 aromatic rings. The summed E-state index contributed by atoms with van der Waals surface area (Å²) in [7, 11) is 1.64. The molecule has 1 amide bonds. The molecule has 1 atom stereocenters. The number of hydrogen-bond donors (Lipinski definition) is 3. The molecule has 4 rings (SSSR count). The first-order valence-electron chi connectivity index (χ1n) is 14.8. The zero-order chi connectivity index (χ0) is 28.4. The Morgan fingerprint density at radius 1 is 1.18 bits per heavy atom. The van der Waals surface area contributed by atoms with Crippen molar-refractivity contribution in [3.8, 4) is 5.75 Å². The first kappa shape index (κ1) is 30.0. The Balaban J connectivity index is 1.43. The molecule has 9 nitrogen and oxygen atoms in total. The van der Waals surface area contributed by atoms with E-state index in [9.17, 15) is 9.59 Å². The lowest BCUT2D eigenvalue weighted by Crippen LogP contribution is -2.56. The number of carbonyl (C=O) groups is 2. The molecule has 0 bridgehead atoms. The smallest absolute Gasteiger partial charge is 0.245 e. The van der Waals surface area contributed by atoms with Gasteiger partial charge < -0.3 is 20.3 Å². The number of hydrogen-bond acceptors (Lipinski definition) is 6. The van der Waals surface area contributed by atoms with E-state index in [1.165, 1.54) is 19.3 Å². The third-order valence-electron chi connectivity index (χ3n) is 8.72. The lowest BCUT2D eigenvalue weighted by atomic mass is 9.61. The molecule has 2 heterocycles. The van der Waals surface area contributed by atoms with E-state index in [1.807, 2.05) is 29.2 Å². The van der Waals surface area contributed by atoms with Crippen molar-refractivity contribution in [2.24, 2.45) is 11.3 Å². The highest BCUT2D eigenvalue weighted by Crippen LogP contribution is 2.47. The fourth-order valence-corrected chi connectivity index (χ4v) is 6.69. The third kappa shape index (κ3) is 7.59. The van der Waals surface area contributed by atoms with E-state index in [1.54, 1.807) is 13.3 Å². The molecule has 1 aromatic heterocycles. The number of rotatable bonds is 12. The van der Waals surface area contributed by atoms with E-state index >= 15 is 0 Å². The van der Waals surface area contributed by atoms with Gasteiger partial charge in [0.25, 0.3) is 0 Å². The monoisotopic (exact) mass is 568 g/mol. The number of thiocarbonyl (C=S) groups is 1. The Hall–Kier alpha value is -3.01. The normalized spacial score (nSPS) is 18.1. The second kappa shape index (κ2) is 14.6. The lowest BCUT2D eigenvalue weighted by Gasteiger charge is -2.47. The van der Waals surface area contributed by atoms with Gasteiger partial charge in [0, 0.05) is 44.3 Å². The van der Waals surface area contributed by atoms with Crippen molar-refractivity contribution >= 4 is 29.0 Å². The van der Waals surface area contributed by atoms with Crippen molar-refractivity contribution in [1.82, 2.24) is 30.9 Å². The van der Waals surface area contributed by atoms with E-state index in [4.69, 9.17) is 17.0 Å². The van der Waals surface area contributed by atoms with Crippen LogP contribution in [0.3, 0.4) is 0 Å². The summed E-state index contributed by atoms with van der Waals surface area (Å²) in [6.45, 7) is 3.88. The van der Waals surface area contributed by atoms with E-state index in [-0.39, 0.29) is 11.3 Å². The number of Topliss-reactive ketones (excluding diaryl/α,β-unsaturated/α-hetero) is 1. The van der Waals surface area contributed by atoms with Crippen LogP contribution < -0.4 is 15.4 Å². The molecule has 3 N–H and O–H groups in total. The molecule has 0 unspecified atom stereocenters. The Labute approximate surface area is 243 Å². The predicted octanol–water partition coefficient (Wildman–Crippen LogP) is 3.99. The van der Waals surface area contributed by atoms with Crippen LogP contribution >= 0.6 is 12.2 Å². The molecule has 2 aliphatic rings. The summed E-state index contributed by atoms with van der Waals surface area (Å²) < 4.78 is 5.30. The van der Waals surface area contributed by atoms with Crippen LogP contribution in [-0.4, -0.2) is 69.9 Å². The second-order valence-electron chi connectivity index (χ2n) is 11.2. The van der Waals surface area contributed by atoms with Gasteiger partial charge in [0.05, 0.1) is 19.0 Å². The highest BCUT2D eigenvalue weighted by Gasteiger charge is 2.47. The molecule has 1 saturated carbocycles. The summed E-state index contributed by atoms with van der Waals surface area (Å²) in [5.41, 5.74) is 1.58. The fraction of sp³-hybridized carbons (Fsp3) is 0.633. The van der Waals surface area contributed by atoms with Gasteiger partial charge in [-0.25, -0.2) is 0 Å². The summed E-state index contributed by atoms with van der Waals surface area (Å²) in [6.07, 6.45) is 11.9. The molecule has 1 aliphatic carbocycles. The number of amides is 1. The Kier molecular flexibility index (Phi) is 10.9.